The van der Waals surface area contributed by atoms with Crippen LogP contribution in [0.2, 0.25) is 0 Å². The van der Waals surface area contributed by atoms with Crippen molar-refractivity contribution >= 4 is 0 Å². The van der Waals surface area contributed by atoms with E-state index >= 15 is 0 Å². The molecule has 198 valence electrons. The highest BCUT2D eigenvalue weighted by molar-refractivity contribution is 5.25. The zero-order valence-electron chi connectivity index (χ0n) is 23.0. The van der Waals surface area contributed by atoms with Gasteiger partial charge in [0.15, 0.2) is 0 Å². The molecule has 3 aliphatic carbocycles. The summed E-state index contributed by atoms with van der Waals surface area (Å²) in [5.74, 6) is 3.93. The summed E-state index contributed by atoms with van der Waals surface area (Å²) in [5.41, 5.74) is 21.2. The van der Waals surface area contributed by atoms with E-state index < -0.39 is 0 Å². The van der Waals surface area contributed by atoms with E-state index in [4.69, 9.17) is 5.53 Å². The van der Waals surface area contributed by atoms with E-state index in [1.165, 1.54) is 49.8 Å². The predicted octanol–water partition coefficient (Wildman–Crippen LogP) is 8.27. The summed E-state index contributed by atoms with van der Waals surface area (Å²) < 4.78 is 0. The van der Waals surface area contributed by atoms with E-state index in [-0.39, 0.29) is 11.3 Å². The Morgan fingerprint density at radius 1 is 1.03 bits per heavy atom. The standard InChI is InChI=1S/C28H46N8/c1-18(2)7-6-8-19(3)23-9-10-24-22(17-33-36-30)25(11-12-27(23,24)4)28(5)14-20-15-31-34-26(20)13-21(28)16-32-35-29/h15,18-19,21-25H,6-14,16-17H2,1-5H3,(H,31,34)/t19-,21-,22+,23-,24+,25+,27-,28+/m1/s1. The van der Waals surface area contributed by atoms with Crippen molar-refractivity contribution in [3.63, 3.8) is 0 Å². The van der Waals surface area contributed by atoms with Crippen LogP contribution >= 0.6 is 0 Å². The van der Waals surface area contributed by atoms with Gasteiger partial charge in [0.05, 0.1) is 6.20 Å². The summed E-state index contributed by atoms with van der Waals surface area (Å²) in [5, 5.41) is 15.8. The molecule has 36 heavy (non-hydrogen) atoms. The van der Waals surface area contributed by atoms with Crippen molar-refractivity contribution in [2.45, 2.75) is 92.4 Å². The molecule has 1 heterocycles. The highest BCUT2D eigenvalue weighted by Crippen LogP contribution is 2.65. The number of rotatable bonds is 10. The van der Waals surface area contributed by atoms with Crippen LogP contribution in [0.5, 0.6) is 0 Å². The molecule has 8 nitrogen and oxygen atoms in total. The van der Waals surface area contributed by atoms with E-state index in [1.807, 2.05) is 6.20 Å². The maximum absolute atomic E-state index is 9.31. The molecule has 0 bridgehead atoms. The Kier molecular flexibility index (Phi) is 8.26. The Labute approximate surface area is 216 Å². The minimum Gasteiger partial charge on any atom is -0.282 e. The number of azide groups is 2. The number of H-pyrrole nitrogens is 1. The number of aromatic amines is 1. The first-order valence-corrected chi connectivity index (χ1v) is 14.3. The van der Waals surface area contributed by atoms with Crippen LogP contribution < -0.4 is 0 Å². The lowest BCUT2D eigenvalue weighted by Crippen LogP contribution is -2.53. The molecule has 2 fully saturated rings. The molecule has 0 aromatic carbocycles. The van der Waals surface area contributed by atoms with Crippen molar-refractivity contribution in [1.82, 2.24) is 10.2 Å². The molecule has 4 rings (SSSR count). The molecule has 0 saturated heterocycles. The van der Waals surface area contributed by atoms with Gasteiger partial charge in [0.1, 0.15) is 0 Å². The zero-order valence-corrected chi connectivity index (χ0v) is 23.0. The van der Waals surface area contributed by atoms with Gasteiger partial charge in [0.2, 0.25) is 0 Å². The van der Waals surface area contributed by atoms with Crippen molar-refractivity contribution in [3.05, 3.63) is 38.3 Å². The Hall–Kier alpha value is -2.17. The summed E-state index contributed by atoms with van der Waals surface area (Å²) in [6, 6.07) is 0. The van der Waals surface area contributed by atoms with E-state index in [0.29, 0.717) is 36.3 Å². The lowest BCUT2D eigenvalue weighted by atomic mass is 9.48. The fourth-order valence-electron chi connectivity index (χ4n) is 9.06. The summed E-state index contributed by atoms with van der Waals surface area (Å²) in [6.45, 7) is 13.2. The monoisotopic (exact) mass is 494 g/mol. The number of aromatic nitrogens is 2. The van der Waals surface area contributed by atoms with Gasteiger partial charge >= 0.3 is 0 Å². The first kappa shape index (κ1) is 26.9. The molecule has 0 radical (unpaired) electrons. The summed E-state index contributed by atoms with van der Waals surface area (Å²) in [7, 11) is 0. The third kappa shape index (κ3) is 4.99. The highest BCUT2D eigenvalue weighted by Gasteiger charge is 2.58. The normalized spacial score (nSPS) is 36.4. The molecule has 8 heteroatoms. The molecule has 0 unspecified atom stereocenters. The van der Waals surface area contributed by atoms with Crippen molar-refractivity contribution in [2.75, 3.05) is 13.1 Å². The number of nitrogens with one attached hydrogen (secondary N) is 1. The lowest BCUT2D eigenvalue weighted by Gasteiger charge is -2.57. The fraction of sp³-hybridized carbons (Fsp3) is 0.893. The summed E-state index contributed by atoms with van der Waals surface area (Å²) in [6.07, 6.45) is 12.7. The molecular weight excluding hydrogens is 448 g/mol. The molecular formula is C28H46N8. The quantitative estimate of drug-likeness (QED) is 0.196. The van der Waals surface area contributed by atoms with Gasteiger partial charge in [-0.15, -0.1) is 0 Å². The largest absolute Gasteiger partial charge is 0.282 e. The van der Waals surface area contributed by atoms with Gasteiger partial charge < -0.3 is 0 Å². The molecule has 0 amide bonds. The molecule has 8 atom stereocenters. The van der Waals surface area contributed by atoms with Crippen LogP contribution in [0.4, 0.5) is 0 Å². The van der Waals surface area contributed by atoms with Gasteiger partial charge in [0, 0.05) is 28.6 Å². The van der Waals surface area contributed by atoms with E-state index in [2.05, 4.69) is 64.9 Å². The van der Waals surface area contributed by atoms with Crippen LogP contribution in [0, 0.1) is 52.3 Å². The first-order valence-electron chi connectivity index (χ1n) is 14.3. The Bertz CT molecular complexity index is 989. The van der Waals surface area contributed by atoms with Crippen molar-refractivity contribution < 1.29 is 0 Å². The van der Waals surface area contributed by atoms with Crippen LogP contribution in [0.25, 0.3) is 20.9 Å². The third-order valence-electron chi connectivity index (χ3n) is 11.0. The molecule has 0 aliphatic heterocycles. The van der Waals surface area contributed by atoms with E-state index in [0.717, 1.165) is 37.0 Å². The minimum atomic E-state index is -0.0109. The summed E-state index contributed by atoms with van der Waals surface area (Å²) in [4.78, 5) is 6.33. The number of hydrogen-bond donors (Lipinski definition) is 1. The zero-order chi connectivity index (χ0) is 25.9. The van der Waals surface area contributed by atoms with Gasteiger partial charge in [-0.1, -0.05) is 64.1 Å². The van der Waals surface area contributed by atoms with E-state index in [1.54, 1.807) is 0 Å². The second kappa shape index (κ2) is 11.1. The Balaban J connectivity index is 1.61. The van der Waals surface area contributed by atoms with Crippen molar-refractivity contribution in [1.29, 1.82) is 0 Å². The Morgan fingerprint density at radius 3 is 2.47 bits per heavy atom. The SMILES string of the molecule is CC(C)CCC[C@@H](C)[C@H]1CC[C@H]2[C@H](CN=[N+]=[N-])[C@@H]([C@@]3(C)Cc4cn[nH]c4C[C@@H]3CN=[N+]=[N-])CC[C@]12C. The first-order chi connectivity index (χ1) is 17.2. The van der Waals surface area contributed by atoms with Crippen LogP contribution in [-0.4, -0.2) is 23.3 Å². The molecule has 2 saturated carbocycles. The van der Waals surface area contributed by atoms with Gasteiger partial charge in [-0.25, -0.2) is 0 Å². The summed E-state index contributed by atoms with van der Waals surface area (Å²) >= 11 is 0. The average molecular weight is 495 g/mol. The number of nitrogens with zero attached hydrogens (tertiary/aromatic N) is 7. The van der Waals surface area contributed by atoms with E-state index in [9.17, 15) is 5.53 Å². The van der Waals surface area contributed by atoms with Gasteiger partial charge in [-0.05, 0) is 107 Å². The van der Waals surface area contributed by atoms with Crippen LogP contribution in [0.15, 0.2) is 16.4 Å². The highest BCUT2D eigenvalue weighted by atomic mass is 15.1. The molecule has 1 N–H and O–H groups in total. The van der Waals surface area contributed by atoms with Gasteiger partial charge in [0.25, 0.3) is 0 Å². The van der Waals surface area contributed by atoms with Crippen molar-refractivity contribution in [3.8, 4) is 0 Å². The Morgan fingerprint density at radius 2 is 1.75 bits per heavy atom. The minimum absolute atomic E-state index is 0.0109. The maximum Gasteiger partial charge on any atom is 0.0522 e. The van der Waals surface area contributed by atoms with Crippen molar-refractivity contribution in [2.24, 2.45) is 62.5 Å². The maximum atomic E-state index is 9.31. The smallest absolute Gasteiger partial charge is 0.0522 e. The molecule has 1 aromatic rings. The van der Waals surface area contributed by atoms with Gasteiger partial charge in [-0.2, -0.15) is 5.10 Å². The molecule has 0 spiro atoms. The second-order valence-electron chi connectivity index (χ2n) is 13.2. The lowest BCUT2D eigenvalue weighted by molar-refractivity contribution is -0.0662. The average Bonchev–Trinajstić information content (AvgIpc) is 3.43. The third-order valence-corrected chi connectivity index (χ3v) is 11.0. The molecule has 3 aliphatic rings. The fourth-order valence-corrected chi connectivity index (χ4v) is 9.06. The van der Waals surface area contributed by atoms with Gasteiger partial charge in [-0.3, -0.25) is 5.10 Å². The molecule has 1 aromatic heterocycles. The topological polar surface area (TPSA) is 126 Å². The number of hydrogen-bond acceptors (Lipinski definition) is 3. The van der Waals surface area contributed by atoms with Crippen LogP contribution in [0.3, 0.4) is 0 Å². The second-order valence-corrected chi connectivity index (χ2v) is 13.2. The van der Waals surface area contributed by atoms with Crippen LogP contribution in [-0.2, 0) is 12.8 Å². The van der Waals surface area contributed by atoms with Crippen LogP contribution in [0.1, 0.15) is 90.8 Å². The number of fused-ring (bicyclic) bond motifs is 2. The predicted molar refractivity (Wildman–Crippen MR) is 144 cm³/mol.